The number of hydrogen-bond acceptors (Lipinski definition) is 6. The molecule has 12 heteroatoms. The summed E-state index contributed by atoms with van der Waals surface area (Å²) in [6.45, 7) is -1.03. The fraction of sp³-hybridized carbons (Fsp3) is 0.529. The molecule has 0 aliphatic carbocycles. The normalized spacial score (nSPS) is 27.6. The summed E-state index contributed by atoms with van der Waals surface area (Å²) in [4.78, 5) is 14.7. The van der Waals surface area contributed by atoms with Crippen molar-refractivity contribution in [3.63, 3.8) is 0 Å². The molecule has 0 aromatic carbocycles. The molecule has 0 saturated carbocycles. The van der Waals surface area contributed by atoms with Crippen molar-refractivity contribution in [1.82, 2.24) is 15.5 Å². The Morgan fingerprint density at radius 2 is 2.10 bits per heavy atom. The molecule has 1 amide bonds. The van der Waals surface area contributed by atoms with Gasteiger partial charge < -0.3 is 19.7 Å². The number of aromatic amines is 1. The lowest BCUT2D eigenvalue weighted by Crippen LogP contribution is -2.55. The molecule has 3 aliphatic rings. The van der Waals surface area contributed by atoms with Crippen molar-refractivity contribution in [2.24, 2.45) is 0 Å². The van der Waals surface area contributed by atoms with Crippen molar-refractivity contribution in [2.75, 3.05) is 24.6 Å². The summed E-state index contributed by atoms with van der Waals surface area (Å²) in [6.07, 6.45) is -2.48. The van der Waals surface area contributed by atoms with E-state index in [1.807, 2.05) is 0 Å². The lowest BCUT2D eigenvalue weighted by atomic mass is 9.98. The maximum Gasteiger partial charge on any atom is 0.416 e. The molecule has 156 valence electrons. The number of carbonyl (C=O) groups is 1. The summed E-state index contributed by atoms with van der Waals surface area (Å²) in [5.41, 5.74) is 0.759. The number of rotatable bonds is 2. The summed E-state index contributed by atoms with van der Waals surface area (Å²) in [5.74, 6) is -3.55. The second-order valence-corrected chi connectivity index (χ2v) is 8.36. The molecular weight excluding hydrogens is 416 g/mol. The topological polar surface area (TPSA) is 79.5 Å². The van der Waals surface area contributed by atoms with Crippen LogP contribution in [0.25, 0.3) is 10.4 Å². The molecule has 2 aromatic heterocycles. The van der Waals surface area contributed by atoms with E-state index in [0.717, 1.165) is 11.3 Å². The Morgan fingerprint density at radius 1 is 1.28 bits per heavy atom. The van der Waals surface area contributed by atoms with Crippen LogP contribution in [0.1, 0.15) is 22.5 Å². The fourth-order valence-corrected chi connectivity index (χ4v) is 5.08. The minimum atomic E-state index is -3.50. The Kier molecular flexibility index (Phi) is 4.07. The van der Waals surface area contributed by atoms with E-state index in [0.29, 0.717) is 10.4 Å². The van der Waals surface area contributed by atoms with Gasteiger partial charge in [-0.1, -0.05) is 0 Å². The molecule has 2 atom stereocenters. The van der Waals surface area contributed by atoms with Gasteiger partial charge in [-0.2, -0.15) is 13.9 Å². The van der Waals surface area contributed by atoms with Gasteiger partial charge in [-0.25, -0.2) is 8.78 Å². The number of nitrogens with one attached hydrogen (secondary N) is 2. The highest BCUT2D eigenvalue weighted by molar-refractivity contribution is 7.18. The van der Waals surface area contributed by atoms with Gasteiger partial charge in [0.25, 0.3) is 11.8 Å². The minimum absolute atomic E-state index is 0.0903. The summed E-state index contributed by atoms with van der Waals surface area (Å²) in [6, 6.07) is -0.854. The second kappa shape index (κ2) is 6.33. The predicted octanol–water partition coefficient (Wildman–Crippen LogP) is 2.86. The van der Waals surface area contributed by atoms with Crippen molar-refractivity contribution < 1.29 is 31.8 Å². The molecule has 2 aromatic rings. The van der Waals surface area contributed by atoms with Crippen LogP contribution in [0.5, 0.6) is 5.75 Å². The number of halogens is 4. The molecule has 0 bridgehead atoms. The zero-order chi connectivity index (χ0) is 20.4. The van der Waals surface area contributed by atoms with Crippen molar-refractivity contribution in [2.45, 2.75) is 37.0 Å². The van der Waals surface area contributed by atoms with Crippen LogP contribution in [0.4, 0.5) is 23.2 Å². The van der Waals surface area contributed by atoms with Crippen molar-refractivity contribution in [1.29, 1.82) is 0 Å². The Labute approximate surface area is 166 Å². The largest absolute Gasteiger partial charge is 0.427 e. The minimum Gasteiger partial charge on any atom is -0.427 e. The van der Waals surface area contributed by atoms with Crippen molar-refractivity contribution in [3.05, 3.63) is 17.3 Å². The van der Waals surface area contributed by atoms with E-state index in [9.17, 15) is 22.4 Å². The fourth-order valence-electron chi connectivity index (χ4n) is 3.95. The molecule has 3 aliphatic heterocycles. The average molecular weight is 432 g/mol. The lowest BCUT2D eigenvalue weighted by Gasteiger charge is -2.38. The monoisotopic (exact) mass is 432 g/mol. The molecule has 0 spiro atoms. The van der Waals surface area contributed by atoms with Crippen LogP contribution in [-0.4, -0.2) is 60.0 Å². The molecule has 0 radical (unpaired) electrons. The molecule has 5 rings (SSSR count). The number of aromatic nitrogens is 2. The second-order valence-electron chi connectivity index (χ2n) is 7.34. The third kappa shape index (κ3) is 3.23. The van der Waals surface area contributed by atoms with Gasteiger partial charge >= 0.3 is 6.11 Å². The summed E-state index contributed by atoms with van der Waals surface area (Å²) >= 11 is 0.998. The molecule has 29 heavy (non-hydrogen) atoms. The maximum absolute atomic E-state index is 14.4. The first-order chi connectivity index (χ1) is 13.7. The summed E-state index contributed by atoms with van der Waals surface area (Å²) in [5, 5.41) is 9.11. The van der Waals surface area contributed by atoms with E-state index in [2.05, 4.69) is 15.5 Å². The highest BCUT2D eigenvalue weighted by Gasteiger charge is 2.49. The molecule has 0 unspecified atom stereocenters. The van der Waals surface area contributed by atoms with Crippen LogP contribution in [0.2, 0.25) is 0 Å². The Hall–Kier alpha value is -2.34. The van der Waals surface area contributed by atoms with Gasteiger partial charge in [0, 0.05) is 31.1 Å². The van der Waals surface area contributed by atoms with E-state index in [4.69, 9.17) is 9.47 Å². The van der Waals surface area contributed by atoms with E-state index < -0.39 is 49.5 Å². The molecular formula is C17H16F4N4O3S. The zero-order valence-electron chi connectivity index (χ0n) is 14.9. The SMILES string of the molecule is O=C1N[C@@H]([C@@H]2CC(F)(F)CCO2)CN2CC(F)(F)Oc3c(-c4cn[nH]c4)sc1c32. The van der Waals surface area contributed by atoms with Gasteiger partial charge in [0.2, 0.25) is 0 Å². The number of amides is 1. The first-order valence-electron chi connectivity index (χ1n) is 9.00. The third-order valence-corrected chi connectivity index (χ3v) is 6.44. The third-order valence-electron chi connectivity index (χ3n) is 5.23. The van der Waals surface area contributed by atoms with Crippen molar-refractivity contribution >= 4 is 22.9 Å². The number of ether oxygens (including phenoxy) is 2. The number of hydrogen-bond donors (Lipinski definition) is 2. The van der Waals surface area contributed by atoms with Crippen LogP contribution in [0.15, 0.2) is 12.4 Å². The Morgan fingerprint density at radius 3 is 2.83 bits per heavy atom. The summed E-state index contributed by atoms with van der Waals surface area (Å²) in [7, 11) is 0. The van der Waals surface area contributed by atoms with Gasteiger partial charge in [0.15, 0.2) is 5.75 Å². The maximum atomic E-state index is 14.4. The van der Waals surface area contributed by atoms with E-state index in [-0.39, 0.29) is 29.5 Å². The summed E-state index contributed by atoms with van der Waals surface area (Å²) < 4.78 is 66.8. The molecule has 5 heterocycles. The standard InChI is InChI=1S/C17H16F4N4O3S/c18-16(19)1-2-27-10(3-16)9-6-25-7-17(20,21)28-12-11(25)14(15(26)24-9)29-13(12)8-4-22-23-5-8/h4-5,9-10H,1-3,6-7H2,(H,22,23)(H,24,26)/t9-,10+/m1/s1. The number of alkyl halides is 4. The number of H-pyrrole nitrogens is 1. The number of carbonyl (C=O) groups excluding carboxylic acids is 1. The van der Waals surface area contributed by atoms with Gasteiger partial charge in [-0.15, -0.1) is 11.3 Å². The highest BCUT2D eigenvalue weighted by atomic mass is 32.1. The van der Waals surface area contributed by atoms with Gasteiger partial charge in [-0.3, -0.25) is 9.89 Å². The Balaban J connectivity index is 1.54. The van der Waals surface area contributed by atoms with Crippen molar-refractivity contribution in [3.8, 4) is 16.2 Å². The van der Waals surface area contributed by atoms with E-state index in [1.165, 1.54) is 17.3 Å². The molecule has 7 nitrogen and oxygen atoms in total. The Bertz CT molecular complexity index is 949. The number of thiophene rings is 1. The van der Waals surface area contributed by atoms with Gasteiger partial charge in [-0.05, 0) is 0 Å². The average Bonchev–Trinajstić information content (AvgIpc) is 3.23. The first kappa shape index (κ1) is 18.7. The van der Waals surface area contributed by atoms with Crippen LogP contribution in [-0.2, 0) is 4.74 Å². The van der Waals surface area contributed by atoms with Crippen LogP contribution in [0.3, 0.4) is 0 Å². The molecule has 1 saturated heterocycles. The van der Waals surface area contributed by atoms with Gasteiger partial charge in [0.05, 0.1) is 29.8 Å². The van der Waals surface area contributed by atoms with Crippen LogP contribution < -0.4 is 15.0 Å². The first-order valence-corrected chi connectivity index (χ1v) is 9.82. The number of anilines is 1. The highest BCUT2D eigenvalue weighted by Crippen LogP contribution is 2.53. The quantitative estimate of drug-likeness (QED) is 0.714. The predicted molar refractivity (Wildman–Crippen MR) is 94.9 cm³/mol. The lowest BCUT2D eigenvalue weighted by molar-refractivity contribution is -0.172. The molecule has 2 N–H and O–H groups in total. The van der Waals surface area contributed by atoms with Crippen LogP contribution >= 0.6 is 11.3 Å². The zero-order valence-corrected chi connectivity index (χ0v) is 15.7. The van der Waals surface area contributed by atoms with Crippen LogP contribution in [0, 0.1) is 0 Å². The van der Waals surface area contributed by atoms with E-state index >= 15 is 0 Å². The number of nitrogens with zero attached hydrogens (tertiary/aromatic N) is 2. The van der Waals surface area contributed by atoms with E-state index in [1.54, 1.807) is 0 Å². The van der Waals surface area contributed by atoms with Gasteiger partial charge in [0.1, 0.15) is 17.1 Å². The smallest absolute Gasteiger partial charge is 0.416 e. The molecule has 1 fully saturated rings.